The predicted octanol–water partition coefficient (Wildman–Crippen LogP) is 4.38. The lowest BCUT2D eigenvalue weighted by atomic mass is 10.1. The molecule has 0 aromatic heterocycles. The fraction of sp³-hybridized carbons (Fsp3) is 0.125. The van der Waals surface area contributed by atoms with Gasteiger partial charge in [0, 0.05) is 15.5 Å². The minimum Gasteiger partial charge on any atom is -0.497 e. The molecule has 2 aromatic rings. The summed E-state index contributed by atoms with van der Waals surface area (Å²) < 4.78 is 5.06. The quantitative estimate of drug-likeness (QED) is 0.395. The summed E-state index contributed by atoms with van der Waals surface area (Å²) in [6.07, 6.45) is -0.969. The summed E-state index contributed by atoms with van der Waals surface area (Å²) in [4.78, 5) is 2.74. The highest BCUT2D eigenvalue weighted by molar-refractivity contribution is 6.30. The summed E-state index contributed by atoms with van der Waals surface area (Å²) in [5.74, 6) is 6.19. The van der Waals surface area contributed by atoms with Crippen LogP contribution >= 0.6 is 11.6 Å². The van der Waals surface area contributed by atoms with E-state index >= 15 is 0 Å². The third kappa shape index (κ3) is 3.94. The van der Waals surface area contributed by atoms with Crippen LogP contribution in [0, 0.1) is 11.8 Å². The van der Waals surface area contributed by atoms with Crippen molar-refractivity contribution in [1.29, 1.82) is 0 Å². The number of methoxy groups -OCH3 is 1. The highest BCUT2D eigenvalue weighted by Gasteiger charge is 2.04. The lowest BCUT2D eigenvalue weighted by Crippen LogP contribution is -1.94. The van der Waals surface area contributed by atoms with Gasteiger partial charge in [0.05, 0.1) is 12.8 Å². The van der Waals surface area contributed by atoms with Crippen molar-refractivity contribution in [2.45, 2.75) is 6.10 Å². The van der Waals surface area contributed by atoms with Gasteiger partial charge in [0.2, 0.25) is 0 Å². The summed E-state index contributed by atoms with van der Waals surface area (Å²) in [5.41, 5.74) is 9.99. The van der Waals surface area contributed by atoms with Gasteiger partial charge in [-0.3, -0.25) is 0 Å². The predicted molar refractivity (Wildman–Crippen MR) is 85.1 cm³/mol. The smallest absolute Gasteiger partial charge is 0.140 e. The molecule has 1 N–H and O–H groups in total. The Labute approximate surface area is 132 Å². The maximum Gasteiger partial charge on any atom is 0.140 e. The fourth-order valence-electron chi connectivity index (χ4n) is 1.76. The van der Waals surface area contributed by atoms with Crippen LogP contribution in [0.3, 0.4) is 0 Å². The van der Waals surface area contributed by atoms with Gasteiger partial charge in [-0.25, -0.2) is 0 Å². The number of benzene rings is 2. The van der Waals surface area contributed by atoms with E-state index < -0.39 is 6.10 Å². The van der Waals surface area contributed by atoms with Crippen LogP contribution in [0.25, 0.3) is 10.4 Å². The first kappa shape index (κ1) is 15.7. The first-order valence-electron chi connectivity index (χ1n) is 6.32. The van der Waals surface area contributed by atoms with Crippen molar-refractivity contribution >= 4 is 17.3 Å². The Hall–Kier alpha value is -2.64. The third-order valence-corrected chi connectivity index (χ3v) is 3.12. The molecule has 0 heterocycles. The SMILES string of the molecule is COc1ccc(C(O)C#Cc2cc(Cl)ccc2N=[N+]=[N-])cc1. The molecular weight excluding hydrogens is 302 g/mol. The monoisotopic (exact) mass is 313 g/mol. The number of hydrogen-bond acceptors (Lipinski definition) is 3. The second-order valence-electron chi connectivity index (χ2n) is 4.30. The van der Waals surface area contributed by atoms with Gasteiger partial charge in [-0.05, 0) is 41.4 Å². The van der Waals surface area contributed by atoms with E-state index in [4.69, 9.17) is 21.9 Å². The molecule has 0 radical (unpaired) electrons. The highest BCUT2D eigenvalue weighted by atomic mass is 35.5. The van der Waals surface area contributed by atoms with Crippen LogP contribution in [-0.2, 0) is 0 Å². The van der Waals surface area contributed by atoms with Crippen LogP contribution in [0.4, 0.5) is 5.69 Å². The molecule has 0 aliphatic rings. The fourth-order valence-corrected chi connectivity index (χ4v) is 1.93. The largest absolute Gasteiger partial charge is 0.497 e. The zero-order chi connectivity index (χ0) is 15.9. The van der Waals surface area contributed by atoms with E-state index in [1.165, 1.54) is 0 Å². The van der Waals surface area contributed by atoms with Gasteiger partial charge in [-0.1, -0.05) is 40.7 Å². The third-order valence-electron chi connectivity index (χ3n) is 2.89. The van der Waals surface area contributed by atoms with E-state index in [-0.39, 0.29) is 0 Å². The molecule has 22 heavy (non-hydrogen) atoms. The van der Waals surface area contributed by atoms with Gasteiger partial charge < -0.3 is 9.84 Å². The molecule has 5 nitrogen and oxygen atoms in total. The number of aliphatic hydroxyl groups is 1. The standard InChI is InChI=1S/C16H12ClN3O2/c1-22-14-6-2-11(3-7-14)16(21)9-4-12-10-13(17)5-8-15(12)19-20-18/h2-3,5-8,10,16,21H,1H3. The normalized spacial score (nSPS) is 10.9. The maximum absolute atomic E-state index is 10.1. The Kier molecular flexibility index (Phi) is 5.29. The molecule has 0 bridgehead atoms. The molecule has 2 rings (SSSR count). The molecule has 0 amide bonds. The zero-order valence-electron chi connectivity index (χ0n) is 11.7. The molecule has 1 atom stereocenters. The number of aliphatic hydroxyl groups excluding tert-OH is 1. The molecular formula is C16H12ClN3O2. The van der Waals surface area contributed by atoms with Gasteiger partial charge in [-0.2, -0.15) is 0 Å². The molecule has 0 saturated heterocycles. The first-order chi connectivity index (χ1) is 10.6. The molecule has 0 fully saturated rings. The number of ether oxygens (including phenoxy) is 1. The van der Waals surface area contributed by atoms with Crippen molar-refractivity contribution in [3.63, 3.8) is 0 Å². The summed E-state index contributed by atoms with van der Waals surface area (Å²) in [5, 5.41) is 14.1. The average Bonchev–Trinajstić information content (AvgIpc) is 2.55. The molecule has 110 valence electrons. The van der Waals surface area contributed by atoms with E-state index in [2.05, 4.69) is 21.9 Å². The van der Waals surface area contributed by atoms with Crippen molar-refractivity contribution in [2.75, 3.05) is 7.11 Å². The van der Waals surface area contributed by atoms with Gasteiger partial charge in [0.1, 0.15) is 11.9 Å². The van der Waals surface area contributed by atoms with Crippen LogP contribution in [0.2, 0.25) is 5.02 Å². The molecule has 0 aliphatic heterocycles. The van der Waals surface area contributed by atoms with E-state index in [1.807, 2.05) is 0 Å². The Morgan fingerprint density at radius 1 is 1.27 bits per heavy atom. The van der Waals surface area contributed by atoms with Gasteiger partial charge in [-0.15, -0.1) is 0 Å². The molecule has 6 heteroatoms. The lowest BCUT2D eigenvalue weighted by molar-refractivity contribution is 0.238. The number of nitrogens with zero attached hydrogens (tertiary/aromatic N) is 3. The van der Waals surface area contributed by atoms with E-state index in [9.17, 15) is 5.11 Å². The summed E-state index contributed by atoms with van der Waals surface area (Å²) in [6, 6.07) is 11.7. The Balaban J connectivity index is 2.28. The van der Waals surface area contributed by atoms with E-state index in [0.29, 0.717) is 27.6 Å². The van der Waals surface area contributed by atoms with Gasteiger partial charge in [0.15, 0.2) is 0 Å². The summed E-state index contributed by atoms with van der Waals surface area (Å²) >= 11 is 5.90. The van der Waals surface area contributed by atoms with E-state index in [1.54, 1.807) is 49.6 Å². The second kappa shape index (κ2) is 7.39. The van der Waals surface area contributed by atoms with Crippen molar-refractivity contribution in [3.05, 3.63) is 69.1 Å². The van der Waals surface area contributed by atoms with Crippen LogP contribution in [0.5, 0.6) is 5.75 Å². The number of hydrogen-bond donors (Lipinski definition) is 1. The van der Waals surface area contributed by atoms with Crippen molar-refractivity contribution < 1.29 is 9.84 Å². The minimum absolute atomic E-state index is 0.362. The Bertz CT molecular complexity index is 772. The molecule has 1 unspecified atom stereocenters. The second-order valence-corrected chi connectivity index (χ2v) is 4.73. The zero-order valence-corrected chi connectivity index (χ0v) is 12.4. The topological polar surface area (TPSA) is 78.2 Å². The molecule has 2 aromatic carbocycles. The summed E-state index contributed by atoms with van der Waals surface area (Å²) in [7, 11) is 1.57. The first-order valence-corrected chi connectivity index (χ1v) is 6.70. The average molecular weight is 314 g/mol. The molecule has 0 spiro atoms. The van der Waals surface area contributed by atoms with Crippen LogP contribution < -0.4 is 4.74 Å². The maximum atomic E-state index is 10.1. The van der Waals surface area contributed by atoms with Crippen molar-refractivity contribution in [1.82, 2.24) is 0 Å². The Morgan fingerprint density at radius 2 is 2.00 bits per heavy atom. The lowest BCUT2D eigenvalue weighted by Gasteiger charge is -2.05. The number of azide groups is 1. The van der Waals surface area contributed by atoms with Crippen molar-refractivity contribution in [3.8, 4) is 17.6 Å². The van der Waals surface area contributed by atoms with Crippen LogP contribution in [-0.4, -0.2) is 12.2 Å². The van der Waals surface area contributed by atoms with E-state index in [0.717, 1.165) is 0 Å². The molecule has 0 saturated carbocycles. The van der Waals surface area contributed by atoms with Crippen molar-refractivity contribution in [2.24, 2.45) is 5.11 Å². The summed E-state index contributed by atoms with van der Waals surface area (Å²) in [6.45, 7) is 0. The molecule has 0 aliphatic carbocycles. The van der Waals surface area contributed by atoms with Gasteiger partial charge >= 0.3 is 0 Å². The highest BCUT2D eigenvalue weighted by Crippen LogP contribution is 2.23. The number of rotatable bonds is 3. The Morgan fingerprint density at radius 3 is 2.64 bits per heavy atom. The van der Waals surface area contributed by atoms with Crippen LogP contribution in [0.15, 0.2) is 47.6 Å². The van der Waals surface area contributed by atoms with Gasteiger partial charge in [0.25, 0.3) is 0 Å². The minimum atomic E-state index is -0.969. The van der Waals surface area contributed by atoms with Crippen LogP contribution in [0.1, 0.15) is 17.2 Å². The number of halogens is 1.